The number of guanidine groups is 1. The average molecular weight is 272 g/mol. The smallest absolute Gasteiger partial charge is 0.759 e. The van der Waals surface area contributed by atoms with Crippen molar-refractivity contribution in [1.29, 1.82) is 0 Å². The van der Waals surface area contributed by atoms with Crippen molar-refractivity contribution in [3.8, 4) is 0 Å². The van der Waals surface area contributed by atoms with Gasteiger partial charge in [0.2, 0.25) is 0 Å². The molecule has 0 aromatic rings. The number of nitrogens with two attached hydrogens (primary N) is 3. The molecule has 16 heavy (non-hydrogen) atoms. The molecule has 0 saturated carbocycles. The van der Waals surface area contributed by atoms with E-state index in [4.69, 9.17) is 34.7 Å². The van der Waals surface area contributed by atoms with E-state index in [1.807, 2.05) is 0 Å². The molecule has 0 atom stereocenters. The van der Waals surface area contributed by atoms with Crippen LogP contribution in [0.5, 0.6) is 0 Å². The molecule has 0 unspecified atom stereocenters. The Morgan fingerprint density at radius 1 is 1.12 bits per heavy atom. The molecule has 0 radical (unpaired) electrons. The number of rotatable bonds is 4. The van der Waals surface area contributed by atoms with Crippen molar-refractivity contribution in [3.63, 3.8) is 0 Å². The number of hydrogen-bond acceptors (Lipinski definition) is 6. The standard InChI is InChI=1S/C5H14N4.2Na.H2O4S/c6-3-1-2-4-9-5(7)8;;;1-5(2,3)4/h1-4,6H2,(H4,7,8,9);;;(H2,1,2,3,4)/q;2*+1;/p-2. The zero-order chi connectivity index (χ0) is 11.6. The Hall–Kier alpha value is 1.10. The van der Waals surface area contributed by atoms with Gasteiger partial charge in [0.15, 0.2) is 5.96 Å². The van der Waals surface area contributed by atoms with Gasteiger partial charge in [-0.05, 0) is 19.4 Å². The Morgan fingerprint density at radius 3 is 1.75 bits per heavy atom. The van der Waals surface area contributed by atoms with Crippen molar-refractivity contribution in [2.24, 2.45) is 22.2 Å². The van der Waals surface area contributed by atoms with Crippen LogP contribution >= 0.6 is 0 Å². The fourth-order valence-corrected chi connectivity index (χ4v) is 0.464. The van der Waals surface area contributed by atoms with Crippen LogP contribution in [0.3, 0.4) is 0 Å². The molecule has 0 aliphatic rings. The average Bonchev–Trinajstić information content (AvgIpc) is 1.94. The SMILES string of the molecule is NCCCCN=C(N)N.O=S(=O)([O-])[O-].[Na+].[Na+]. The maximum atomic E-state index is 8.52. The molecule has 0 saturated heterocycles. The van der Waals surface area contributed by atoms with Crippen LogP contribution in [0.1, 0.15) is 12.8 Å². The number of nitrogens with zero attached hydrogens (tertiary/aromatic N) is 1. The monoisotopic (exact) mass is 272 g/mol. The summed E-state index contributed by atoms with van der Waals surface area (Å²) in [7, 11) is -5.17. The summed E-state index contributed by atoms with van der Waals surface area (Å²) in [5, 5.41) is 0. The van der Waals surface area contributed by atoms with E-state index < -0.39 is 10.4 Å². The van der Waals surface area contributed by atoms with Crippen LogP contribution in [0.2, 0.25) is 0 Å². The molecule has 86 valence electrons. The van der Waals surface area contributed by atoms with Gasteiger partial charge < -0.3 is 26.3 Å². The van der Waals surface area contributed by atoms with Gasteiger partial charge in [-0.25, -0.2) is 0 Å². The Morgan fingerprint density at radius 2 is 1.50 bits per heavy atom. The van der Waals surface area contributed by atoms with Crippen LogP contribution in [-0.4, -0.2) is 36.6 Å². The van der Waals surface area contributed by atoms with E-state index in [1.54, 1.807) is 0 Å². The van der Waals surface area contributed by atoms with Crippen LogP contribution in [-0.2, 0) is 10.4 Å². The van der Waals surface area contributed by atoms with Crippen molar-refractivity contribution in [2.45, 2.75) is 12.8 Å². The minimum atomic E-state index is -5.17. The summed E-state index contributed by atoms with van der Waals surface area (Å²) < 4.78 is 34.1. The summed E-state index contributed by atoms with van der Waals surface area (Å²) in [5.74, 6) is 0.159. The van der Waals surface area contributed by atoms with Gasteiger partial charge in [-0.2, -0.15) is 0 Å². The zero-order valence-corrected chi connectivity index (χ0v) is 14.4. The fourth-order valence-electron chi connectivity index (χ4n) is 0.464. The van der Waals surface area contributed by atoms with Gasteiger partial charge in [-0.1, -0.05) is 0 Å². The summed E-state index contributed by atoms with van der Waals surface area (Å²) in [4.78, 5) is 3.78. The molecular formula is C5H14N4Na2O4S. The second-order valence-corrected chi connectivity index (χ2v) is 3.03. The predicted molar refractivity (Wildman–Crippen MR) is 49.4 cm³/mol. The van der Waals surface area contributed by atoms with Gasteiger partial charge in [0.25, 0.3) is 0 Å². The van der Waals surface area contributed by atoms with Crippen LogP contribution in [0.25, 0.3) is 0 Å². The molecule has 8 nitrogen and oxygen atoms in total. The summed E-state index contributed by atoms with van der Waals surface area (Å²) in [6, 6.07) is 0. The minimum absolute atomic E-state index is 0. The number of hydrogen-bond donors (Lipinski definition) is 3. The maximum absolute atomic E-state index is 8.52. The molecule has 0 aliphatic heterocycles. The molecule has 0 amide bonds. The Balaban J connectivity index is -0.0000000904. The fraction of sp³-hybridized carbons (Fsp3) is 0.800. The molecule has 11 heteroatoms. The maximum Gasteiger partial charge on any atom is 1.00 e. The van der Waals surface area contributed by atoms with E-state index in [0.717, 1.165) is 12.8 Å². The van der Waals surface area contributed by atoms with Crippen LogP contribution in [0, 0.1) is 0 Å². The van der Waals surface area contributed by atoms with Crippen molar-refractivity contribution < 1.29 is 76.6 Å². The number of unbranched alkanes of at least 4 members (excludes halogenated alkanes) is 1. The molecular weight excluding hydrogens is 258 g/mol. The normalized spacial score (nSPS) is 8.69. The first-order valence-electron chi connectivity index (χ1n) is 3.69. The van der Waals surface area contributed by atoms with E-state index in [2.05, 4.69) is 4.99 Å². The third kappa shape index (κ3) is 59.6. The molecule has 0 aromatic carbocycles. The predicted octanol–water partition coefficient (Wildman–Crippen LogP) is -8.33. The summed E-state index contributed by atoms with van der Waals surface area (Å²) in [5.41, 5.74) is 15.4. The first-order chi connectivity index (χ1) is 6.27. The second-order valence-electron chi connectivity index (χ2n) is 2.21. The zero-order valence-electron chi connectivity index (χ0n) is 9.55. The number of aliphatic imine (C=N–C) groups is 1. The van der Waals surface area contributed by atoms with Gasteiger partial charge in [0.1, 0.15) is 0 Å². The minimum Gasteiger partial charge on any atom is -0.759 e. The van der Waals surface area contributed by atoms with Gasteiger partial charge >= 0.3 is 59.1 Å². The molecule has 0 rings (SSSR count). The van der Waals surface area contributed by atoms with E-state index in [0.29, 0.717) is 13.1 Å². The van der Waals surface area contributed by atoms with Gasteiger partial charge in [-0.15, -0.1) is 0 Å². The van der Waals surface area contributed by atoms with Crippen LogP contribution < -0.4 is 76.3 Å². The topological polar surface area (TPSA) is 171 Å². The molecule has 0 spiro atoms. The summed E-state index contributed by atoms with van der Waals surface area (Å²) in [6.07, 6.45) is 1.95. The molecule has 6 N–H and O–H groups in total. The molecule has 0 heterocycles. The first-order valence-corrected chi connectivity index (χ1v) is 5.03. The summed E-state index contributed by atoms with van der Waals surface area (Å²) in [6.45, 7) is 1.40. The van der Waals surface area contributed by atoms with Crippen molar-refractivity contribution in [2.75, 3.05) is 13.1 Å². The molecule has 0 aliphatic carbocycles. The third-order valence-corrected chi connectivity index (χ3v) is 0.907. The van der Waals surface area contributed by atoms with Crippen molar-refractivity contribution >= 4 is 16.4 Å². The molecule has 0 bridgehead atoms. The molecule has 0 fully saturated rings. The summed E-state index contributed by atoms with van der Waals surface area (Å²) >= 11 is 0. The third-order valence-electron chi connectivity index (χ3n) is 0.907. The van der Waals surface area contributed by atoms with E-state index in [1.165, 1.54) is 0 Å². The quantitative estimate of drug-likeness (QED) is 0.114. The van der Waals surface area contributed by atoms with Gasteiger partial charge in [-0.3, -0.25) is 13.4 Å². The van der Waals surface area contributed by atoms with E-state index in [-0.39, 0.29) is 65.1 Å². The Kier molecular flexibility index (Phi) is 26.0. The van der Waals surface area contributed by atoms with Crippen molar-refractivity contribution in [3.05, 3.63) is 0 Å². The second kappa shape index (κ2) is 16.1. The Labute approximate surface area is 140 Å². The van der Waals surface area contributed by atoms with Crippen molar-refractivity contribution in [1.82, 2.24) is 0 Å². The Bertz CT molecular complexity index is 247. The van der Waals surface area contributed by atoms with Crippen LogP contribution in [0.15, 0.2) is 4.99 Å². The first kappa shape index (κ1) is 25.8. The van der Waals surface area contributed by atoms with E-state index >= 15 is 0 Å². The van der Waals surface area contributed by atoms with Gasteiger partial charge in [0.05, 0.1) is 0 Å². The van der Waals surface area contributed by atoms with Gasteiger partial charge in [0, 0.05) is 16.9 Å². The van der Waals surface area contributed by atoms with E-state index in [9.17, 15) is 0 Å². The van der Waals surface area contributed by atoms with Crippen LogP contribution in [0.4, 0.5) is 0 Å². The molecule has 0 aromatic heterocycles. The largest absolute Gasteiger partial charge is 1.00 e.